The van der Waals surface area contributed by atoms with Gasteiger partial charge >= 0.3 is 0 Å². The van der Waals surface area contributed by atoms with E-state index in [0.717, 1.165) is 36.7 Å². The lowest BCUT2D eigenvalue weighted by atomic mass is 10.2. The molecule has 1 fully saturated rings. The molecule has 1 aromatic rings. The van der Waals surface area contributed by atoms with Gasteiger partial charge in [-0.2, -0.15) is 0 Å². The van der Waals surface area contributed by atoms with Crippen molar-refractivity contribution in [1.29, 1.82) is 0 Å². The molecule has 4 N–H and O–H groups in total. The van der Waals surface area contributed by atoms with Crippen LogP contribution in [0.15, 0.2) is 0 Å². The molecular weight excluding hydrogens is 216 g/mol. The molecule has 1 aliphatic heterocycles. The predicted octanol–water partition coefficient (Wildman–Crippen LogP) is 0.495. The smallest absolute Gasteiger partial charge is 0.148 e. The van der Waals surface area contributed by atoms with Crippen LogP contribution < -0.4 is 16.6 Å². The van der Waals surface area contributed by atoms with E-state index in [0.29, 0.717) is 11.9 Å². The van der Waals surface area contributed by atoms with Crippen LogP contribution in [0.25, 0.3) is 0 Å². The van der Waals surface area contributed by atoms with Crippen LogP contribution in [0.4, 0.5) is 11.6 Å². The second-order valence-corrected chi connectivity index (χ2v) is 4.63. The lowest BCUT2D eigenvalue weighted by molar-refractivity contribution is 0.414. The van der Waals surface area contributed by atoms with Gasteiger partial charge in [-0.3, -0.25) is 0 Å². The Balaban J connectivity index is 2.17. The van der Waals surface area contributed by atoms with Crippen LogP contribution in [-0.4, -0.2) is 41.0 Å². The SMILES string of the molecule is Cc1nc(NN)c(C)c(NC2CCN(C)C2)n1. The van der Waals surface area contributed by atoms with Crippen molar-refractivity contribution in [2.24, 2.45) is 5.84 Å². The second-order valence-electron chi connectivity index (χ2n) is 4.63. The fourth-order valence-electron chi connectivity index (χ4n) is 2.16. The highest BCUT2D eigenvalue weighted by Crippen LogP contribution is 2.21. The number of rotatable bonds is 3. The van der Waals surface area contributed by atoms with Gasteiger partial charge in [0, 0.05) is 18.2 Å². The Hall–Kier alpha value is -1.40. The summed E-state index contributed by atoms with van der Waals surface area (Å²) in [5, 5.41) is 3.47. The summed E-state index contributed by atoms with van der Waals surface area (Å²) in [5.74, 6) is 7.73. The molecule has 6 heteroatoms. The molecule has 1 saturated heterocycles. The van der Waals surface area contributed by atoms with E-state index in [1.54, 1.807) is 0 Å². The first-order chi connectivity index (χ1) is 8.10. The van der Waals surface area contributed by atoms with Crippen molar-refractivity contribution in [3.63, 3.8) is 0 Å². The Bertz CT molecular complexity index is 405. The van der Waals surface area contributed by atoms with Crippen LogP contribution in [0.3, 0.4) is 0 Å². The van der Waals surface area contributed by atoms with Gasteiger partial charge in [0.05, 0.1) is 0 Å². The molecule has 6 nitrogen and oxygen atoms in total. The third-order valence-corrected chi connectivity index (χ3v) is 3.13. The molecule has 0 spiro atoms. The maximum absolute atomic E-state index is 5.44. The highest BCUT2D eigenvalue weighted by Gasteiger charge is 2.20. The Morgan fingerprint density at radius 3 is 2.59 bits per heavy atom. The number of likely N-dealkylation sites (N-methyl/N-ethyl adjacent to an activating group) is 1. The summed E-state index contributed by atoms with van der Waals surface area (Å²) in [7, 11) is 2.13. The Labute approximate surface area is 102 Å². The maximum Gasteiger partial charge on any atom is 0.148 e. The number of nitrogens with one attached hydrogen (secondary N) is 2. The number of aryl methyl sites for hydroxylation is 1. The van der Waals surface area contributed by atoms with Gasteiger partial charge in [-0.15, -0.1) is 0 Å². The normalized spacial score (nSPS) is 20.6. The third-order valence-electron chi connectivity index (χ3n) is 3.13. The third kappa shape index (κ3) is 2.65. The zero-order valence-electron chi connectivity index (χ0n) is 10.6. The fraction of sp³-hybridized carbons (Fsp3) is 0.636. The van der Waals surface area contributed by atoms with E-state index < -0.39 is 0 Å². The van der Waals surface area contributed by atoms with Crippen molar-refractivity contribution in [3.8, 4) is 0 Å². The first kappa shape index (κ1) is 12.1. The van der Waals surface area contributed by atoms with Crippen LogP contribution in [0, 0.1) is 13.8 Å². The number of hydrogen-bond acceptors (Lipinski definition) is 6. The summed E-state index contributed by atoms with van der Waals surface area (Å²) in [6.45, 7) is 6.01. The number of nitrogen functional groups attached to an aromatic ring is 1. The van der Waals surface area contributed by atoms with E-state index in [9.17, 15) is 0 Å². The monoisotopic (exact) mass is 236 g/mol. The van der Waals surface area contributed by atoms with Crippen LogP contribution in [0.2, 0.25) is 0 Å². The van der Waals surface area contributed by atoms with Crippen LogP contribution in [0.5, 0.6) is 0 Å². The average Bonchev–Trinajstić information content (AvgIpc) is 2.69. The molecule has 2 rings (SSSR count). The Kier molecular flexibility index (Phi) is 3.44. The molecular formula is C11H20N6. The molecule has 0 aliphatic carbocycles. The molecule has 2 heterocycles. The van der Waals surface area contributed by atoms with E-state index >= 15 is 0 Å². The molecule has 0 aromatic carbocycles. The number of nitrogens with two attached hydrogens (primary N) is 1. The van der Waals surface area contributed by atoms with Crippen molar-refractivity contribution >= 4 is 11.6 Å². The number of hydrazine groups is 1. The lowest BCUT2D eigenvalue weighted by Crippen LogP contribution is -2.25. The summed E-state index contributed by atoms with van der Waals surface area (Å²) in [5.41, 5.74) is 3.57. The minimum Gasteiger partial charge on any atom is -0.366 e. The first-order valence-corrected chi connectivity index (χ1v) is 5.87. The number of hydrogen-bond donors (Lipinski definition) is 3. The molecule has 0 saturated carbocycles. The minimum absolute atomic E-state index is 0.457. The van der Waals surface area contributed by atoms with Crippen molar-refractivity contribution in [3.05, 3.63) is 11.4 Å². The summed E-state index contributed by atoms with van der Waals surface area (Å²) in [4.78, 5) is 11.0. The second kappa shape index (κ2) is 4.85. The Morgan fingerprint density at radius 2 is 2.00 bits per heavy atom. The molecule has 1 aromatic heterocycles. The van der Waals surface area contributed by atoms with Gasteiger partial charge in [0.25, 0.3) is 0 Å². The molecule has 1 aliphatic rings. The van der Waals surface area contributed by atoms with E-state index in [4.69, 9.17) is 5.84 Å². The lowest BCUT2D eigenvalue weighted by Gasteiger charge is -2.17. The predicted molar refractivity (Wildman–Crippen MR) is 68.8 cm³/mol. The van der Waals surface area contributed by atoms with Crippen molar-refractivity contribution < 1.29 is 0 Å². The van der Waals surface area contributed by atoms with Crippen LogP contribution in [-0.2, 0) is 0 Å². The van der Waals surface area contributed by atoms with Gasteiger partial charge in [-0.05, 0) is 33.9 Å². The largest absolute Gasteiger partial charge is 0.366 e. The highest BCUT2D eigenvalue weighted by atomic mass is 15.3. The van der Waals surface area contributed by atoms with E-state index in [2.05, 4.69) is 32.7 Å². The van der Waals surface area contributed by atoms with Gasteiger partial charge in [-0.1, -0.05) is 0 Å². The molecule has 0 bridgehead atoms. The summed E-state index contributed by atoms with van der Waals surface area (Å²) >= 11 is 0. The topological polar surface area (TPSA) is 79.1 Å². The molecule has 0 radical (unpaired) electrons. The standard InChI is InChI=1S/C11H20N6/c1-7-10(13-8(2)14-11(7)16-12)15-9-4-5-17(3)6-9/h9H,4-6,12H2,1-3H3,(H2,13,14,15,16). The summed E-state index contributed by atoms with van der Waals surface area (Å²) in [6.07, 6.45) is 1.14. The van der Waals surface area contributed by atoms with Crippen LogP contribution in [0.1, 0.15) is 17.8 Å². The van der Waals surface area contributed by atoms with Crippen molar-refractivity contribution in [2.75, 3.05) is 30.9 Å². The number of anilines is 2. The molecule has 1 unspecified atom stereocenters. The van der Waals surface area contributed by atoms with Crippen LogP contribution >= 0.6 is 0 Å². The van der Waals surface area contributed by atoms with Gasteiger partial charge in [-0.25, -0.2) is 15.8 Å². The van der Waals surface area contributed by atoms with Gasteiger partial charge < -0.3 is 15.6 Å². The van der Waals surface area contributed by atoms with E-state index in [1.807, 2.05) is 13.8 Å². The van der Waals surface area contributed by atoms with Crippen molar-refractivity contribution in [1.82, 2.24) is 14.9 Å². The number of nitrogens with zero attached hydrogens (tertiary/aromatic N) is 3. The average molecular weight is 236 g/mol. The zero-order chi connectivity index (χ0) is 12.4. The molecule has 0 amide bonds. The van der Waals surface area contributed by atoms with Crippen molar-refractivity contribution in [2.45, 2.75) is 26.3 Å². The van der Waals surface area contributed by atoms with Gasteiger partial charge in [0.2, 0.25) is 0 Å². The van der Waals surface area contributed by atoms with Gasteiger partial charge in [0.1, 0.15) is 17.5 Å². The summed E-state index contributed by atoms with van der Waals surface area (Å²) < 4.78 is 0. The Morgan fingerprint density at radius 1 is 1.29 bits per heavy atom. The first-order valence-electron chi connectivity index (χ1n) is 5.87. The quantitative estimate of drug-likeness (QED) is 0.524. The van der Waals surface area contributed by atoms with E-state index in [1.165, 1.54) is 0 Å². The maximum atomic E-state index is 5.44. The molecule has 1 atom stereocenters. The number of aromatic nitrogens is 2. The zero-order valence-corrected chi connectivity index (χ0v) is 10.6. The molecule has 94 valence electrons. The minimum atomic E-state index is 0.457. The van der Waals surface area contributed by atoms with E-state index in [-0.39, 0.29) is 0 Å². The molecule has 17 heavy (non-hydrogen) atoms. The fourth-order valence-corrected chi connectivity index (χ4v) is 2.16. The summed E-state index contributed by atoms with van der Waals surface area (Å²) in [6, 6.07) is 0.457. The number of likely N-dealkylation sites (tertiary alicyclic amines) is 1. The van der Waals surface area contributed by atoms with Gasteiger partial charge in [0.15, 0.2) is 0 Å². The highest BCUT2D eigenvalue weighted by molar-refractivity contribution is 5.57.